The van der Waals surface area contributed by atoms with E-state index in [1.807, 2.05) is 62.4 Å². The molecule has 0 radical (unpaired) electrons. The first-order valence-electron chi connectivity index (χ1n) is 13.4. The molecule has 8 nitrogen and oxygen atoms in total. The Morgan fingerprint density at radius 1 is 1.00 bits per heavy atom. The fourth-order valence-electron chi connectivity index (χ4n) is 4.00. The largest absolute Gasteiger partial charge is 0.492 e. The first kappa shape index (κ1) is 28.8. The van der Waals surface area contributed by atoms with Gasteiger partial charge in [0.15, 0.2) is 0 Å². The van der Waals surface area contributed by atoms with Gasteiger partial charge in [0.2, 0.25) is 5.91 Å². The molecule has 1 aromatic heterocycles. The molecule has 0 atom stereocenters. The second kappa shape index (κ2) is 13.1. The highest BCUT2D eigenvalue weighted by Crippen LogP contribution is 2.27. The molecule has 3 aromatic rings. The lowest BCUT2D eigenvalue weighted by Crippen LogP contribution is -2.41. The molecule has 2 N–H and O–H groups in total. The molecule has 38 heavy (non-hydrogen) atoms. The van der Waals surface area contributed by atoms with E-state index in [1.165, 1.54) is 0 Å². The summed E-state index contributed by atoms with van der Waals surface area (Å²) in [6, 6.07) is 16.8. The molecule has 1 heterocycles. The molecule has 0 saturated carbocycles. The van der Waals surface area contributed by atoms with Crippen molar-refractivity contribution in [1.29, 1.82) is 0 Å². The minimum absolute atomic E-state index is 0.0871. The maximum Gasteiger partial charge on any atom is 0.322 e. The van der Waals surface area contributed by atoms with Gasteiger partial charge in [-0.05, 0) is 50.1 Å². The number of benzene rings is 2. The number of aromatic nitrogens is 2. The molecule has 3 rings (SSSR count). The third-order valence-corrected chi connectivity index (χ3v) is 6.07. The van der Waals surface area contributed by atoms with Crippen molar-refractivity contribution in [3.05, 3.63) is 65.9 Å². The van der Waals surface area contributed by atoms with Gasteiger partial charge in [0.1, 0.15) is 18.1 Å². The van der Waals surface area contributed by atoms with Crippen LogP contribution in [0.4, 0.5) is 16.3 Å². The number of rotatable bonds is 11. The van der Waals surface area contributed by atoms with Crippen LogP contribution in [0, 0.1) is 6.92 Å². The van der Waals surface area contributed by atoms with Crippen molar-refractivity contribution in [3.8, 4) is 11.4 Å². The van der Waals surface area contributed by atoms with E-state index in [-0.39, 0.29) is 23.9 Å². The Hall–Kier alpha value is -3.81. The molecule has 0 aliphatic heterocycles. The van der Waals surface area contributed by atoms with Crippen LogP contribution in [0.1, 0.15) is 65.1 Å². The van der Waals surface area contributed by atoms with Crippen molar-refractivity contribution in [2.45, 2.75) is 66.2 Å². The van der Waals surface area contributed by atoms with E-state index in [0.717, 1.165) is 36.2 Å². The second-order valence-electron chi connectivity index (χ2n) is 10.5. The van der Waals surface area contributed by atoms with Crippen LogP contribution in [0.25, 0.3) is 5.69 Å². The van der Waals surface area contributed by atoms with Crippen molar-refractivity contribution >= 4 is 23.4 Å². The van der Waals surface area contributed by atoms with Crippen LogP contribution in [-0.4, -0.2) is 46.3 Å². The Bertz CT molecular complexity index is 1230. The molecular weight excluding hydrogens is 478 g/mol. The number of hydrogen-bond donors (Lipinski definition) is 2. The summed E-state index contributed by atoms with van der Waals surface area (Å²) in [4.78, 5) is 28.1. The van der Waals surface area contributed by atoms with E-state index in [2.05, 4.69) is 38.3 Å². The number of unbranched alkanes of at least 4 members (excludes halogenated alkanes) is 2. The van der Waals surface area contributed by atoms with Gasteiger partial charge in [-0.1, -0.05) is 64.8 Å². The Balaban J connectivity index is 1.82. The molecule has 0 bridgehead atoms. The van der Waals surface area contributed by atoms with E-state index < -0.39 is 0 Å². The first-order chi connectivity index (χ1) is 18.1. The highest BCUT2D eigenvalue weighted by atomic mass is 16.5. The molecule has 0 unspecified atom stereocenters. The smallest absolute Gasteiger partial charge is 0.322 e. The molecule has 0 spiro atoms. The zero-order valence-electron chi connectivity index (χ0n) is 23.5. The zero-order valence-corrected chi connectivity index (χ0v) is 23.5. The van der Waals surface area contributed by atoms with Crippen molar-refractivity contribution in [2.24, 2.45) is 0 Å². The van der Waals surface area contributed by atoms with Crippen LogP contribution in [-0.2, 0) is 10.2 Å². The van der Waals surface area contributed by atoms with E-state index in [9.17, 15) is 9.59 Å². The Morgan fingerprint density at radius 3 is 2.45 bits per heavy atom. The first-order valence-corrected chi connectivity index (χ1v) is 13.4. The highest BCUT2D eigenvalue weighted by molar-refractivity contribution is 5.97. The van der Waals surface area contributed by atoms with E-state index >= 15 is 0 Å². The summed E-state index contributed by atoms with van der Waals surface area (Å²) >= 11 is 0. The number of hydrogen-bond acceptors (Lipinski definition) is 4. The topological polar surface area (TPSA) is 88.5 Å². The van der Waals surface area contributed by atoms with Crippen molar-refractivity contribution in [3.63, 3.8) is 0 Å². The van der Waals surface area contributed by atoms with Gasteiger partial charge < -0.3 is 20.3 Å². The quantitative estimate of drug-likeness (QED) is 0.282. The average molecular weight is 520 g/mol. The Labute approximate surface area is 226 Å². The maximum absolute atomic E-state index is 13.3. The molecule has 0 fully saturated rings. The summed E-state index contributed by atoms with van der Waals surface area (Å²) in [5, 5.41) is 10.7. The number of nitrogens with one attached hydrogen (secondary N) is 2. The molecule has 0 aliphatic carbocycles. The fraction of sp³-hybridized carbons (Fsp3) is 0.433. The lowest BCUT2D eigenvalue weighted by atomic mass is 9.92. The van der Waals surface area contributed by atoms with Crippen LogP contribution in [0.3, 0.4) is 0 Å². The predicted octanol–water partition coefficient (Wildman–Crippen LogP) is 6.54. The zero-order chi connectivity index (χ0) is 27.7. The Kier molecular flexibility index (Phi) is 9.93. The van der Waals surface area contributed by atoms with E-state index in [1.54, 1.807) is 15.6 Å². The highest BCUT2D eigenvalue weighted by Gasteiger charge is 2.23. The van der Waals surface area contributed by atoms with Crippen LogP contribution in [0.5, 0.6) is 5.75 Å². The van der Waals surface area contributed by atoms with Crippen LogP contribution in [0.15, 0.2) is 54.6 Å². The molecule has 0 aliphatic rings. The molecule has 2 aromatic carbocycles. The molecule has 204 valence electrons. The third-order valence-electron chi connectivity index (χ3n) is 6.07. The van der Waals surface area contributed by atoms with Gasteiger partial charge in [0.25, 0.3) is 0 Å². The average Bonchev–Trinajstić information content (AvgIpc) is 3.29. The van der Waals surface area contributed by atoms with Crippen molar-refractivity contribution < 1.29 is 14.3 Å². The number of carbonyl (C=O) groups is 2. The summed E-state index contributed by atoms with van der Waals surface area (Å²) in [6.45, 7) is 13.1. The number of aryl methyl sites for hydroxylation is 1. The maximum atomic E-state index is 13.3. The van der Waals surface area contributed by atoms with Gasteiger partial charge in [0, 0.05) is 18.0 Å². The van der Waals surface area contributed by atoms with Crippen LogP contribution < -0.4 is 15.4 Å². The number of para-hydroxylation sites is 2. The summed E-state index contributed by atoms with van der Waals surface area (Å²) in [5.41, 5.74) is 3.20. The molecule has 3 amide bonds. The predicted molar refractivity (Wildman–Crippen MR) is 153 cm³/mol. The van der Waals surface area contributed by atoms with Crippen LogP contribution in [0.2, 0.25) is 0 Å². The van der Waals surface area contributed by atoms with Gasteiger partial charge in [-0.15, -0.1) is 0 Å². The lowest BCUT2D eigenvalue weighted by Gasteiger charge is -2.23. The monoisotopic (exact) mass is 519 g/mol. The normalized spacial score (nSPS) is 11.2. The summed E-state index contributed by atoms with van der Waals surface area (Å²) < 4.78 is 7.40. The third kappa shape index (κ3) is 7.84. The lowest BCUT2D eigenvalue weighted by molar-refractivity contribution is -0.116. The van der Waals surface area contributed by atoms with Gasteiger partial charge in [0.05, 0.1) is 23.7 Å². The molecular formula is C30H41N5O3. The molecule has 8 heteroatoms. The van der Waals surface area contributed by atoms with Gasteiger partial charge in [-0.2, -0.15) is 5.10 Å². The summed E-state index contributed by atoms with van der Waals surface area (Å²) in [7, 11) is 0. The second-order valence-corrected chi connectivity index (χ2v) is 10.5. The summed E-state index contributed by atoms with van der Waals surface area (Å²) in [5.74, 6) is 0.878. The van der Waals surface area contributed by atoms with E-state index in [4.69, 9.17) is 9.84 Å². The van der Waals surface area contributed by atoms with Gasteiger partial charge in [-0.3, -0.25) is 4.79 Å². The number of anilines is 2. The standard InChI is InChI=1S/C30H41N5O3/c1-7-9-12-18-34(29(37)31-24-16-10-11-17-25(24)38-8-2)21-28(36)32-27-20-26(30(4,5)6)33-35(27)23-15-13-14-22(3)19-23/h10-11,13-17,19-20H,7-9,12,18,21H2,1-6H3,(H,31,37)(H,32,36). The minimum Gasteiger partial charge on any atom is -0.492 e. The van der Waals surface area contributed by atoms with Crippen LogP contribution >= 0.6 is 0 Å². The summed E-state index contributed by atoms with van der Waals surface area (Å²) in [6.07, 6.45) is 2.79. The van der Waals surface area contributed by atoms with E-state index in [0.29, 0.717) is 30.4 Å². The number of urea groups is 1. The van der Waals surface area contributed by atoms with Gasteiger partial charge >= 0.3 is 6.03 Å². The number of nitrogens with zero attached hydrogens (tertiary/aromatic N) is 3. The van der Waals surface area contributed by atoms with Crippen molar-refractivity contribution in [1.82, 2.24) is 14.7 Å². The van der Waals surface area contributed by atoms with Crippen molar-refractivity contribution in [2.75, 3.05) is 30.3 Å². The number of ether oxygens (including phenoxy) is 1. The SMILES string of the molecule is CCCCCN(CC(=O)Nc1cc(C(C)(C)C)nn1-c1cccc(C)c1)C(=O)Nc1ccccc1OCC. The Morgan fingerprint density at radius 2 is 1.76 bits per heavy atom. The van der Waals surface area contributed by atoms with Gasteiger partial charge in [-0.25, -0.2) is 9.48 Å². The minimum atomic E-state index is -0.342. The number of carbonyl (C=O) groups excluding carboxylic acids is 2. The fourth-order valence-corrected chi connectivity index (χ4v) is 4.00. The number of amides is 3. The molecule has 0 saturated heterocycles.